The van der Waals surface area contributed by atoms with E-state index >= 15 is 0 Å². The first-order chi connectivity index (χ1) is 16.2. The van der Waals surface area contributed by atoms with Gasteiger partial charge in [-0.15, -0.1) is 0 Å². The fourth-order valence-corrected chi connectivity index (χ4v) is 5.12. The molecule has 3 aromatic rings. The van der Waals surface area contributed by atoms with Gasteiger partial charge in [-0.1, -0.05) is 49.6 Å². The van der Waals surface area contributed by atoms with Gasteiger partial charge in [-0.25, -0.2) is 9.97 Å². The van der Waals surface area contributed by atoms with Gasteiger partial charge in [0.2, 0.25) is 5.91 Å². The predicted molar refractivity (Wildman–Crippen MR) is 129 cm³/mol. The van der Waals surface area contributed by atoms with Crippen molar-refractivity contribution in [1.82, 2.24) is 19.4 Å². The highest BCUT2D eigenvalue weighted by Gasteiger charge is 2.27. The Morgan fingerprint density at radius 2 is 1.70 bits per heavy atom. The average Bonchev–Trinajstić information content (AvgIpc) is 2.87. The Balaban J connectivity index is 1.34. The standard InChI is InChI=1S/C26H31N5O2/c32-23(18-20-8-3-1-4-9-20)29-14-16-30(17-15-29)25-26(33)31(19-21-10-5-2-6-11-21)24-22(28-25)12-7-13-27-24/h2,5-7,10-13,20H,1,3-4,8-9,14-19H2. The molecule has 33 heavy (non-hydrogen) atoms. The number of fused-ring (bicyclic) bond motifs is 1. The van der Waals surface area contributed by atoms with Crippen LogP contribution in [0.15, 0.2) is 53.5 Å². The van der Waals surface area contributed by atoms with Gasteiger partial charge in [0.05, 0.1) is 6.54 Å². The van der Waals surface area contributed by atoms with Crippen molar-refractivity contribution in [3.05, 3.63) is 64.6 Å². The van der Waals surface area contributed by atoms with Gasteiger partial charge in [0, 0.05) is 38.8 Å². The van der Waals surface area contributed by atoms with E-state index in [9.17, 15) is 9.59 Å². The molecule has 7 nitrogen and oxygen atoms in total. The molecule has 1 saturated heterocycles. The molecule has 2 fully saturated rings. The van der Waals surface area contributed by atoms with Crippen molar-refractivity contribution in [2.75, 3.05) is 31.1 Å². The van der Waals surface area contributed by atoms with Gasteiger partial charge in [0.15, 0.2) is 11.5 Å². The molecule has 1 aliphatic carbocycles. The molecule has 0 bridgehead atoms. The minimum Gasteiger partial charge on any atom is -0.348 e. The molecule has 172 valence electrons. The highest BCUT2D eigenvalue weighted by molar-refractivity contribution is 5.77. The Hall–Kier alpha value is -3.22. The third-order valence-corrected chi connectivity index (χ3v) is 6.99. The van der Waals surface area contributed by atoms with Crippen molar-refractivity contribution in [3.63, 3.8) is 0 Å². The zero-order valence-electron chi connectivity index (χ0n) is 19.0. The summed E-state index contributed by atoms with van der Waals surface area (Å²) < 4.78 is 1.72. The number of benzene rings is 1. The van der Waals surface area contributed by atoms with E-state index in [1.165, 1.54) is 32.1 Å². The van der Waals surface area contributed by atoms with Gasteiger partial charge in [-0.3, -0.25) is 14.2 Å². The lowest BCUT2D eigenvalue weighted by Gasteiger charge is -2.36. The maximum Gasteiger partial charge on any atom is 0.295 e. The summed E-state index contributed by atoms with van der Waals surface area (Å²) in [5.41, 5.74) is 2.21. The molecular weight excluding hydrogens is 414 g/mol. The molecule has 0 radical (unpaired) electrons. The number of piperazine rings is 1. The van der Waals surface area contributed by atoms with E-state index in [0.717, 1.165) is 5.56 Å². The summed E-state index contributed by atoms with van der Waals surface area (Å²) in [6.07, 6.45) is 8.54. The maximum absolute atomic E-state index is 13.5. The van der Waals surface area contributed by atoms with Gasteiger partial charge in [-0.05, 0) is 36.5 Å². The molecule has 7 heteroatoms. The lowest BCUT2D eigenvalue weighted by atomic mass is 9.86. The number of hydrogen-bond donors (Lipinski definition) is 0. The summed E-state index contributed by atoms with van der Waals surface area (Å²) in [5.74, 6) is 1.26. The minimum atomic E-state index is -0.132. The van der Waals surface area contributed by atoms with Crippen LogP contribution in [0.25, 0.3) is 11.2 Å². The number of nitrogens with zero attached hydrogens (tertiary/aromatic N) is 5. The molecule has 0 atom stereocenters. The fraction of sp³-hybridized carbons (Fsp3) is 0.462. The summed E-state index contributed by atoms with van der Waals surface area (Å²) in [6.45, 7) is 2.96. The summed E-state index contributed by atoms with van der Waals surface area (Å²) in [4.78, 5) is 39.5. The Morgan fingerprint density at radius 1 is 0.939 bits per heavy atom. The summed E-state index contributed by atoms with van der Waals surface area (Å²) in [7, 11) is 0. The van der Waals surface area contributed by atoms with Crippen molar-refractivity contribution < 1.29 is 4.79 Å². The minimum absolute atomic E-state index is 0.132. The number of rotatable bonds is 5. The quantitative estimate of drug-likeness (QED) is 0.602. The Bertz CT molecular complexity index is 1160. The number of pyridine rings is 1. The summed E-state index contributed by atoms with van der Waals surface area (Å²) in [6, 6.07) is 13.7. The van der Waals surface area contributed by atoms with Gasteiger partial charge >= 0.3 is 0 Å². The largest absolute Gasteiger partial charge is 0.348 e. The van der Waals surface area contributed by atoms with E-state index in [1.54, 1.807) is 10.8 Å². The Kier molecular flexibility index (Phi) is 6.37. The van der Waals surface area contributed by atoms with Crippen LogP contribution in [-0.4, -0.2) is 51.5 Å². The van der Waals surface area contributed by atoms with Gasteiger partial charge < -0.3 is 9.80 Å². The van der Waals surface area contributed by atoms with E-state index in [-0.39, 0.29) is 11.5 Å². The zero-order chi connectivity index (χ0) is 22.6. The normalized spacial score (nSPS) is 17.5. The third kappa shape index (κ3) is 4.77. The monoisotopic (exact) mass is 445 g/mol. The highest BCUT2D eigenvalue weighted by atomic mass is 16.2. The van der Waals surface area contributed by atoms with Crippen LogP contribution in [0.3, 0.4) is 0 Å². The number of carbonyl (C=O) groups excluding carboxylic acids is 1. The SMILES string of the molecule is O=C(CC1CCCCC1)N1CCN(c2nc3cccnc3n(Cc3ccccc3)c2=O)CC1. The number of anilines is 1. The fourth-order valence-electron chi connectivity index (χ4n) is 5.12. The molecule has 0 N–H and O–H groups in total. The second-order valence-corrected chi connectivity index (χ2v) is 9.23. The summed E-state index contributed by atoms with van der Waals surface area (Å²) in [5, 5.41) is 0. The number of amides is 1. The Morgan fingerprint density at radius 3 is 2.45 bits per heavy atom. The van der Waals surface area contributed by atoms with E-state index < -0.39 is 0 Å². The van der Waals surface area contributed by atoms with E-state index in [1.807, 2.05) is 52.3 Å². The predicted octanol–water partition coefficient (Wildman–Crippen LogP) is 3.46. The van der Waals surface area contributed by atoms with Crippen LogP contribution < -0.4 is 10.5 Å². The van der Waals surface area contributed by atoms with Crippen LogP contribution in [0.2, 0.25) is 0 Å². The molecule has 1 aliphatic heterocycles. The molecule has 1 amide bonds. The first-order valence-corrected chi connectivity index (χ1v) is 12.1. The Labute approximate surface area is 194 Å². The average molecular weight is 446 g/mol. The molecular formula is C26H31N5O2. The molecule has 5 rings (SSSR count). The van der Waals surface area contributed by atoms with Crippen molar-refractivity contribution in [1.29, 1.82) is 0 Å². The molecule has 1 aromatic carbocycles. The van der Waals surface area contributed by atoms with Crippen LogP contribution in [0, 0.1) is 5.92 Å². The first-order valence-electron chi connectivity index (χ1n) is 12.1. The molecule has 2 aromatic heterocycles. The summed E-state index contributed by atoms with van der Waals surface area (Å²) >= 11 is 0. The number of hydrogen-bond acceptors (Lipinski definition) is 5. The second kappa shape index (κ2) is 9.73. The topological polar surface area (TPSA) is 71.3 Å². The van der Waals surface area contributed by atoms with Crippen molar-refractivity contribution in [2.24, 2.45) is 5.92 Å². The molecule has 3 heterocycles. The van der Waals surface area contributed by atoms with E-state index in [2.05, 4.69) is 4.98 Å². The number of aromatic nitrogens is 3. The third-order valence-electron chi connectivity index (χ3n) is 6.99. The van der Waals surface area contributed by atoms with Gasteiger partial charge in [0.25, 0.3) is 5.56 Å². The van der Waals surface area contributed by atoms with Crippen molar-refractivity contribution >= 4 is 22.9 Å². The number of carbonyl (C=O) groups is 1. The van der Waals surface area contributed by atoms with Crippen LogP contribution >= 0.6 is 0 Å². The molecule has 1 saturated carbocycles. The maximum atomic E-state index is 13.5. The van der Waals surface area contributed by atoms with Gasteiger partial charge in [0.1, 0.15) is 5.52 Å². The zero-order valence-corrected chi connectivity index (χ0v) is 19.0. The van der Waals surface area contributed by atoms with Crippen molar-refractivity contribution in [3.8, 4) is 0 Å². The van der Waals surface area contributed by atoms with E-state index in [4.69, 9.17) is 4.98 Å². The van der Waals surface area contributed by atoms with Gasteiger partial charge in [-0.2, -0.15) is 0 Å². The molecule has 2 aliphatic rings. The lowest BCUT2D eigenvalue weighted by Crippen LogP contribution is -2.51. The van der Waals surface area contributed by atoms with Crippen molar-refractivity contribution in [2.45, 2.75) is 45.1 Å². The van der Waals surface area contributed by atoms with Crippen LogP contribution in [0.4, 0.5) is 5.82 Å². The first kappa shape index (κ1) is 21.6. The van der Waals surface area contributed by atoms with E-state index in [0.29, 0.717) is 62.0 Å². The smallest absolute Gasteiger partial charge is 0.295 e. The van der Waals surface area contributed by atoms with Crippen LogP contribution in [-0.2, 0) is 11.3 Å². The van der Waals surface area contributed by atoms with Crippen LogP contribution in [0.5, 0.6) is 0 Å². The highest BCUT2D eigenvalue weighted by Crippen LogP contribution is 2.27. The molecule has 0 unspecified atom stereocenters. The van der Waals surface area contributed by atoms with Crippen LogP contribution in [0.1, 0.15) is 44.1 Å². The second-order valence-electron chi connectivity index (χ2n) is 9.23. The molecule has 0 spiro atoms. The lowest BCUT2D eigenvalue weighted by molar-refractivity contribution is -0.132.